The Hall–Kier alpha value is -2.67. The molecular weight excluding hydrogens is 342 g/mol. The lowest BCUT2D eigenvalue weighted by molar-refractivity contribution is -0.124. The van der Waals surface area contributed by atoms with Crippen LogP contribution >= 0.6 is 11.8 Å². The van der Waals surface area contributed by atoms with Gasteiger partial charge in [0.2, 0.25) is 0 Å². The van der Waals surface area contributed by atoms with Crippen LogP contribution in [-0.2, 0) is 9.53 Å². The van der Waals surface area contributed by atoms with E-state index in [1.807, 2.05) is 30.3 Å². The van der Waals surface area contributed by atoms with Crippen molar-refractivity contribution in [3.8, 4) is 11.5 Å². The SMILES string of the molecule is COc1cccc(C(=O)OCC(=O)NCCSc2ccccc2)c1O. The van der Waals surface area contributed by atoms with Crippen LogP contribution in [0.1, 0.15) is 10.4 Å². The van der Waals surface area contributed by atoms with Crippen molar-refractivity contribution in [1.29, 1.82) is 0 Å². The molecule has 6 nitrogen and oxygen atoms in total. The van der Waals surface area contributed by atoms with Crippen LogP contribution in [0.15, 0.2) is 53.4 Å². The molecule has 0 aliphatic carbocycles. The summed E-state index contributed by atoms with van der Waals surface area (Å²) in [7, 11) is 1.38. The number of para-hydroxylation sites is 1. The zero-order valence-corrected chi connectivity index (χ0v) is 14.5. The molecule has 132 valence electrons. The number of carbonyl (C=O) groups is 2. The summed E-state index contributed by atoms with van der Waals surface area (Å²) in [6.45, 7) is 0.0475. The van der Waals surface area contributed by atoms with Gasteiger partial charge in [0.15, 0.2) is 18.1 Å². The number of thioether (sulfide) groups is 1. The summed E-state index contributed by atoms with van der Waals surface area (Å²) in [5.74, 6) is -0.624. The standard InChI is InChI=1S/C18H19NO5S/c1-23-15-9-5-8-14(17(15)21)18(22)24-12-16(20)19-10-11-25-13-6-3-2-4-7-13/h2-9,21H,10-12H2,1H3,(H,19,20). The number of amides is 1. The normalized spacial score (nSPS) is 10.1. The minimum absolute atomic E-state index is 0.0493. The highest BCUT2D eigenvalue weighted by Crippen LogP contribution is 2.29. The maximum absolute atomic E-state index is 11.9. The smallest absolute Gasteiger partial charge is 0.342 e. The third kappa shape index (κ3) is 5.72. The van der Waals surface area contributed by atoms with Gasteiger partial charge in [0.05, 0.1) is 7.11 Å². The fraction of sp³-hybridized carbons (Fsp3) is 0.222. The van der Waals surface area contributed by atoms with Gasteiger partial charge in [-0.3, -0.25) is 4.79 Å². The maximum Gasteiger partial charge on any atom is 0.342 e. The molecule has 2 rings (SSSR count). The van der Waals surface area contributed by atoms with Crippen LogP contribution < -0.4 is 10.1 Å². The molecule has 25 heavy (non-hydrogen) atoms. The number of phenolic OH excluding ortho intramolecular Hbond substituents is 1. The predicted molar refractivity (Wildman–Crippen MR) is 95.1 cm³/mol. The number of aromatic hydroxyl groups is 1. The van der Waals surface area contributed by atoms with E-state index in [-0.39, 0.29) is 17.1 Å². The summed E-state index contributed by atoms with van der Waals surface area (Å²) in [5.41, 5.74) is -0.0493. The summed E-state index contributed by atoms with van der Waals surface area (Å²) < 4.78 is 9.84. The fourth-order valence-corrected chi connectivity index (χ4v) is 2.78. The van der Waals surface area contributed by atoms with Crippen molar-refractivity contribution >= 4 is 23.6 Å². The largest absolute Gasteiger partial charge is 0.504 e. The van der Waals surface area contributed by atoms with Crippen LogP contribution in [0.3, 0.4) is 0 Å². The first-order chi connectivity index (χ1) is 12.1. The summed E-state index contributed by atoms with van der Waals surface area (Å²) in [6.07, 6.45) is 0. The van der Waals surface area contributed by atoms with Crippen LogP contribution in [-0.4, -0.2) is 43.0 Å². The third-order valence-corrected chi connectivity index (χ3v) is 4.22. The van der Waals surface area contributed by atoms with E-state index in [2.05, 4.69) is 5.32 Å². The molecule has 0 radical (unpaired) electrons. The number of hydrogen-bond acceptors (Lipinski definition) is 6. The Balaban J connectivity index is 1.72. The van der Waals surface area contributed by atoms with E-state index in [9.17, 15) is 14.7 Å². The summed E-state index contributed by atoms with van der Waals surface area (Å²) in [6, 6.07) is 14.3. The average molecular weight is 361 g/mol. The molecule has 0 unspecified atom stereocenters. The molecule has 2 aromatic carbocycles. The van der Waals surface area contributed by atoms with Gasteiger partial charge in [0.25, 0.3) is 5.91 Å². The number of ether oxygens (including phenoxy) is 2. The van der Waals surface area contributed by atoms with Gasteiger partial charge in [-0.05, 0) is 24.3 Å². The number of carbonyl (C=O) groups excluding carboxylic acids is 2. The van der Waals surface area contributed by atoms with Gasteiger partial charge in [0.1, 0.15) is 5.56 Å². The van der Waals surface area contributed by atoms with E-state index >= 15 is 0 Å². The van der Waals surface area contributed by atoms with Gasteiger partial charge >= 0.3 is 5.97 Å². The number of benzene rings is 2. The summed E-state index contributed by atoms with van der Waals surface area (Å²) in [5, 5.41) is 12.5. The molecule has 0 aliphatic heterocycles. The van der Waals surface area contributed by atoms with Crippen LogP contribution in [0.4, 0.5) is 0 Å². The van der Waals surface area contributed by atoms with Crippen LogP contribution in [0.5, 0.6) is 11.5 Å². The average Bonchev–Trinajstić information content (AvgIpc) is 2.64. The highest BCUT2D eigenvalue weighted by molar-refractivity contribution is 7.99. The first-order valence-corrected chi connectivity index (χ1v) is 8.58. The highest BCUT2D eigenvalue weighted by Gasteiger charge is 2.17. The molecule has 7 heteroatoms. The second-order valence-electron chi connectivity index (χ2n) is 4.94. The number of phenols is 1. The quantitative estimate of drug-likeness (QED) is 0.427. The van der Waals surface area contributed by atoms with Gasteiger partial charge in [-0.2, -0.15) is 0 Å². The number of rotatable bonds is 8. The van der Waals surface area contributed by atoms with Crippen molar-refractivity contribution in [2.24, 2.45) is 0 Å². The van der Waals surface area contributed by atoms with E-state index < -0.39 is 18.5 Å². The van der Waals surface area contributed by atoms with Crippen molar-refractivity contribution in [2.75, 3.05) is 26.0 Å². The first-order valence-electron chi connectivity index (χ1n) is 7.59. The van der Waals surface area contributed by atoms with Gasteiger partial charge in [-0.1, -0.05) is 24.3 Å². The summed E-state index contributed by atoms with van der Waals surface area (Å²) >= 11 is 1.62. The Morgan fingerprint density at radius 2 is 1.88 bits per heavy atom. The Kier molecular flexibility index (Phi) is 7.16. The number of esters is 1. The van der Waals surface area contributed by atoms with E-state index in [4.69, 9.17) is 9.47 Å². The van der Waals surface area contributed by atoms with E-state index in [0.29, 0.717) is 12.3 Å². The molecule has 0 aromatic heterocycles. The van der Waals surface area contributed by atoms with Gasteiger partial charge < -0.3 is 19.9 Å². The third-order valence-electron chi connectivity index (χ3n) is 3.21. The van der Waals surface area contributed by atoms with Crippen LogP contribution in [0.25, 0.3) is 0 Å². The second-order valence-corrected chi connectivity index (χ2v) is 6.11. The monoisotopic (exact) mass is 361 g/mol. The van der Waals surface area contributed by atoms with Crippen molar-refractivity contribution in [1.82, 2.24) is 5.32 Å². The Morgan fingerprint density at radius 3 is 2.60 bits per heavy atom. The molecule has 0 atom stereocenters. The number of methoxy groups -OCH3 is 1. The second kappa shape index (κ2) is 9.58. The Labute approximate surface area is 150 Å². The van der Waals surface area contributed by atoms with Crippen LogP contribution in [0.2, 0.25) is 0 Å². The molecule has 0 saturated carbocycles. The van der Waals surface area contributed by atoms with E-state index in [0.717, 1.165) is 4.90 Å². The lowest BCUT2D eigenvalue weighted by Gasteiger charge is -2.09. The summed E-state index contributed by atoms with van der Waals surface area (Å²) in [4.78, 5) is 24.8. The van der Waals surface area contributed by atoms with Gasteiger partial charge in [-0.15, -0.1) is 11.8 Å². The molecule has 1 amide bonds. The van der Waals surface area contributed by atoms with Crippen molar-refractivity contribution in [3.63, 3.8) is 0 Å². The molecule has 0 spiro atoms. The molecule has 0 heterocycles. The fourth-order valence-electron chi connectivity index (χ4n) is 1.99. The molecular formula is C18H19NO5S. The van der Waals surface area contributed by atoms with Crippen molar-refractivity contribution in [3.05, 3.63) is 54.1 Å². The Morgan fingerprint density at radius 1 is 1.12 bits per heavy atom. The van der Waals surface area contributed by atoms with Crippen LogP contribution in [0, 0.1) is 0 Å². The minimum Gasteiger partial charge on any atom is -0.504 e. The molecule has 2 aromatic rings. The molecule has 0 saturated heterocycles. The zero-order valence-electron chi connectivity index (χ0n) is 13.7. The molecule has 0 aliphatic rings. The highest BCUT2D eigenvalue weighted by atomic mass is 32.2. The number of hydrogen-bond donors (Lipinski definition) is 2. The minimum atomic E-state index is -0.787. The molecule has 0 bridgehead atoms. The first kappa shape index (κ1) is 18.7. The van der Waals surface area contributed by atoms with E-state index in [1.54, 1.807) is 17.8 Å². The maximum atomic E-state index is 11.9. The topological polar surface area (TPSA) is 84.9 Å². The molecule has 2 N–H and O–H groups in total. The predicted octanol–water partition coefficient (Wildman–Crippen LogP) is 2.47. The molecule has 0 fully saturated rings. The van der Waals surface area contributed by atoms with E-state index in [1.165, 1.54) is 19.2 Å². The van der Waals surface area contributed by atoms with Crippen molar-refractivity contribution < 1.29 is 24.2 Å². The van der Waals surface area contributed by atoms with Crippen molar-refractivity contribution in [2.45, 2.75) is 4.90 Å². The Bertz CT molecular complexity index is 721. The zero-order chi connectivity index (χ0) is 18.1. The lowest BCUT2D eigenvalue weighted by atomic mass is 10.2. The number of nitrogens with one attached hydrogen (secondary N) is 1. The lowest BCUT2D eigenvalue weighted by Crippen LogP contribution is -2.30. The van der Waals surface area contributed by atoms with Gasteiger partial charge in [-0.25, -0.2) is 4.79 Å². The van der Waals surface area contributed by atoms with Gasteiger partial charge in [0, 0.05) is 17.2 Å².